The molecule has 2 amide bonds. The Hall–Kier alpha value is -3.94. The zero-order valence-corrected chi connectivity index (χ0v) is 18.3. The standard InChI is InChI=1S/C19H28N8O6/c1-10(28)23-11(5-7-26(2)18(21)22)9-14(29)24-12-3-4-15(33-16(12)17(30)31)27-8-6-13(20)25-19(27)32/h3-4,6,8,11-12,15-16H,5,7,9H2,1-2H3,(H8,20,21,22,23,24,25,28,29,30,31,32)/p+1/t11-,12-,15+,16-/m0/s1. The van der Waals surface area contributed by atoms with E-state index in [2.05, 4.69) is 15.6 Å². The number of amides is 2. The zero-order chi connectivity index (χ0) is 24.7. The van der Waals surface area contributed by atoms with Gasteiger partial charge in [0.15, 0.2) is 12.3 Å². The first-order valence-electron chi connectivity index (χ1n) is 10.0. The third kappa shape index (κ3) is 7.31. The number of hydrogen-bond acceptors (Lipinski definition) is 7. The second-order valence-corrected chi connectivity index (χ2v) is 7.54. The van der Waals surface area contributed by atoms with Crippen molar-refractivity contribution in [2.75, 3.05) is 19.3 Å². The zero-order valence-electron chi connectivity index (χ0n) is 18.3. The predicted molar refractivity (Wildman–Crippen MR) is 117 cm³/mol. The smallest absolute Gasteiger partial charge is 0.351 e. The Bertz CT molecular complexity index is 1020. The third-order valence-corrected chi connectivity index (χ3v) is 4.88. The number of carboxylic acid groups (broad SMARTS) is 1. The highest BCUT2D eigenvalue weighted by molar-refractivity contribution is 5.81. The van der Waals surface area contributed by atoms with Crippen molar-refractivity contribution in [1.82, 2.24) is 20.2 Å². The molecular weight excluding hydrogens is 436 g/mol. The van der Waals surface area contributed by atoms with E-state index >= 15 is 0 Å². The molecule has 0 radical (unpaired) electrons. The number of aromatic nitrogens is 2. The molecule has 1 aliphatic rings. The Balaban J connectivity index is 2.10. The van der Waals surface area contributed by atoms with E-state index in [9.17, 15) is 24.3 Å². The van der Waals surface area contributed by atoms with Crippen molar-refractivity contribution in [2.24, 2.45) is 11.5 Å². The van der Waals surface area contributed by atoms with Crippen LogP contribution in [0.3, 0.4) is 0 Å². The number of nitrogens with one attached hydrogen (secondary N) is 2. The number of carbonyl (C=O) groups excluding carboxylic acids is 2. The summed E-state index contributed by atoms with van der Waals surface area (Å²) in [6, 6.07) is -0.164. The number of nitrogens with two attached hydrogens (primary N) is 3. The summed E-state index contributed by atoms with van der Waals surface area (Å²) in [7, 11) is 1.67. The molecule has 0 aliphatic carbocycles. The number of nitrogens with zero attached hydrogens (tertiary/aromatic N) is 3. The van der Waals surface area contributed by atoms with Crippen LogP contribution in [0.25, 0.3) is 0 Å². The molecule has 2 rings (SSSR count). The molecule has 0 saturated carbocycles. The summed E-state index contributed by atoms with van der Waals surface area (Å²) in [5, 5.41) is 14.8. The number of ether oxygens (including phenoxy) is 1. The molecule has 0 bridgehead atoms. The number of aliphatic carboxylic acids is 1. The van der Waals surface area contributed by atoms with E-state index in [1.165, 1.54) is 31.3 Å². The molecule has 0 fully saturated rings. The minimum absolute atomic E-state index is 0.0166. The summed E-state index contributed by atoms with van der Waals surface area (Å²) < 4.78 is 8.16. The highest BCUT2D eigenvalue weighted by Crippen LogP contribution is 2.20. The van der Waals surface area contributed by atoms with Gasteiger partial charge in [0, 0.05) is 25.6 Å². The van der Waals surface area contributed by atoms with Gasteiger partial charge >= 0.3 is 17.6 Å². The van der Waals surface area contributed by atoms with Crippen LogP contribution in [-0.2, 0) is 19.1 Å². The quantitative estimate of drug-likeness (QED) is 0.0941. The van der Waals surface area contributed by atoms with E-state index < -0.39 is 42.0 Å². The molecule has 14 nitrogen and oxygen atoms in total. The van der Waals surface area contributed by atoms with Crippen LogP contribution in [0, 0.1) is 0 Å². The van der Waals surface area contributed by atoms with Gasteiger partial charge in [-0.3, -0.25) is 30.2 Å². The van der Waals surface area contributed by atoms with Crippen molar-refractivity contribution in [3.8, 4) is 0 Å². The summed E-state index contributed by atoms with van der Waals surface area (Å²) in [5.41, 5.74) is 15.8. The normalized spacial score (nSPS) is 20.5. The summed E-state index contributed by atoms with van der Waals surface area (Å²) in [4.78, 5) is 51.5. The van der Waals surface area contributed by atoms with E-state index in [0.29, 0.717) is 13.0 Å². The summed E-state index contributed by atoms with van der Waals surface area (Å²) in [5.74, 6) is -2.05. The van der Waals surface area contributed by atoms with Crippen LogP contribution in [0.2, 0.25) is 0 Å². The molecule has 0 unspecified atom stereocenters. The molecule has 4 atom stereocenters. The van der Waals surface area contributed by atoms with Crippen LogP contribution in [-0.4, -0.2) is 74.8 Å². The third-order valence-electron chi connectivity index (χ3n) is 4.88. The van der Waals surface area contributed by atoms with E-state index in [-0.39, 0.29) is 24.1 Å². The average molecular weight is 465 g/mol. The van der Waals surface area contributed by atoms with Crippen LogP contribution in [0.4, 0.5) is 5.82 Å². The van der Waals surface area contributed by atoms with Crippen LogP contribution in [0.15, 0.2) is 29.2 Å². The van der Waals surface area contributed by atoms with Crippen molar-refractivity contribution >= 4 is 29.6 Å². The lowest BCUT2D eigenvalue weighted by molar-refractivity contribution is -0.500. The second-order valence-electron chi connectivity index (χ2n) is 7.54. The van der Waals surface area contributed by atoms with Gasteiger partial charge in [0.25, 0.3) is 0 Å². The molecule has 1 aromatic heterocycles. The molecule has 0 saturated heterocycles. The number of carboxylic acids is 1. The topological polar surface area (TPSA) is 221 Å². The fraction of sp³-hybridized carbons (Fsp3) is 0.474. The van der Waals surface area contributed by atoms with E-state index in [0.717, 1.165) is 4.57 Å². The van der Waals surface area contributed by atoms with Gasteiger partial charge in [0.05, 0.1) is 19.6 Å². The van der Waals surface area contributed by atoms with Crippen molar-refractivity contribution in [1.29, 1.82) is 0 Å². The number of carbonyl (C=O) groups is 3. The number of nitrogen functional groups attached to an aromatic ring is 1. The number of guanidine groups is 1. The molecule has 1 aromatic rings. The monoisotopic (exact) mass is 465 g/mol. The lowest BCUT2D eigenvalue weighted by atomic mass is 10.1. The first-order valence-corrected chi connectivity index (χ1v) is 10.0. The van der Waals surface area contributed by atoms with Crippen molar-refractivity contribution in [3.05, 3.63) is 34.9 Å². The van der Waals surface area contributed by atoms with Crippen molar-refractivity contribution < 1.29 is 28.8 Å². The predicted octanol–water partition coefficient (Wildman–Crippen LogP) is -2.95. The number of rotatable bonds is 9. The maximum atomic E-state index is 12.6. The molecule has 180 valence electrons. The Kier molecular flexibility index (Phi) is 8.50. The maximum Gasteiger partial charge on any atom is 0.351 e. The SMILES string of the molecule is CC(=O)N[C@@H](CC[N+](C)=C(N)N)CC(=O)N[C@H]1C=C[C@H](n2ccc(N)nc2=O)O[C@@H]1C(=O)O. The lowest BCUT2D eigenvalue weighted by Crippen LogP contribution is -2.51. The van der Waals surface area contributed by atoms with E-state index in [1.54, 1.807) is 11.6 Å². The van der Waals surface area contributed by atoms with Crippen LogP contribution in [0.1, 0.15) is 26.0 Å². The fourth-order valence-electron chi connectivity index (χ4n) is 3.17. The van der Waals surface area contributed by atoms with Gasteiger partial charge in [-0.2, -0.15) is 4.98 Å². The van der Waals surface area contributed by atoms with Gasteiger partial charge < -0.3 is 26.2 Å². The van der Waals surface area contributed by atoms with Crippen molar-refractivity contribution in [3.63, 3.8) is 0 Å². The summed E-state index contributed by atoms with van der Waals surface area (Å²) >= 11 is 0. The maximum absolute atomic E-state index is 12.6. The van der Waals surface area contributed by atoms with Gasteiger partial charge in [0.2, 0.25) is 11.8 Å². The molecule has 1 aliphatic heterocycles. The first kappa shape index (κ1) is 25.3. The van der Waals surface area contributed by atoms with Gasteiger partial charge in [-0.25, -0.2) is 9.59 Å². The molecule has 33 heavy (non-hydrogen) atoms. The van der Waals surface area contributed by atoms with E-state index in [1.807, 2.05) is 0 Å². The second kappa shape index (κ2) is 11.1. The number of hydrogen-bond donors (Lipinski definition) is 6. The molecule has 9 N–H and O–H groups in total. The van der Waals surface area contributed by atoms with Gasteiger partial charge in [-0.1, -0.05) is 6.08 Å². The van der Waals surface area contributed by atoms with Gasteiger partial charge in [-0.05, 0) is 18.6 Å². The molecule has 14 heteroatoms. The Morgan fingerprint density at radius 2 is 2.03 bits per heavy atom. The highest BCUT2D eigenvalue weighted by Gasteiger charge is 2.35. The Morgan fingerprint density at radius 3 is 2.61 bits per heavy atom. The van der Waals surface area contributed by atoms with Crippen LogP contribution < -0.4 is 33.5 Å². The lowest BCUT2D eigenvalue weighted by Gasteiger charge is -2.31. The fourth-order valence-corrected chi connectivity index (χ4v) is 3.17. The van der Waals surface area contributed by atoms with Gasteiger partial charge in [-0.15, -0.1) is 0 Å². The van der Waals surface area contributed by atoms with Crippen molar-refractivity contribution in [2.45, 2.75) is 44.2 Å². The number of anilines is 1. The Morgan fingerprint density at radius 1 is 1.33 bits per heavy atom. The molecule has 0 aromatic carbocycles. The average Bonchev–Trinajstić information content (AvgIpc) is 2.71. The van der Waals surface area contributed by atoms with Crippen LogP contribution >= 0.6 is 0 Å². The molecule has 0 spiro atoms. The molecular formula is C19H29N8O6+. The highest BCUT2D eigenvalue weighted by atomic mass is 16.5. The summed E-state index contributed by atoms with van der Waals surface area (Å²) in [6.45, 7) is 1.71. The summed E-state index contributed by atoms with van der Waals surface area (Å²) in [6.07, 6.45) is 1.95. The minimum atomic E-state index is -1.47. The first-order chi connectivity index (χ1) is 15.5. The molecule has 2 heterocycles. The van der Waals surface area contributed by atoms with E-state index in [4.69, 9.17) is 21.9 Å². The van der Waals surface area contributed by atoms with Gasteiger partial charge in [0.1, 0.15) is 5.82 Å². The Labute approximate surface area is 189 Å². The minimum Gasteiger partial charge on any atom is -0.479 e. The largest absolute Gasteiger partial charge is 0.479 e. The van der Waals surface area contributed by atoms with Crippen LogP contribution in [0.5, 0.6) is 0 Å².